The summed E-state index contributed by atoms with van der Waals surface area (Å²) in [6, 6.07) is 4.63. The van der Waals surface area contributed by atoms with Crippen molar-refractivity contribution in [2.45, 2.75) is 56.8 Å². The van der Waals surface area contributed by atoms with Gasteiger partial charge in [-0.15, -0.1) is 0 Å². The molecule has 1 aromatic carbocycles. The SMILES string of the molecule is O=C(C1CCCCC1)N1CC(O)CC1c1cccc(C(F)(F)F)c1. The number of nitrogens with zero attached hydrogens (tertiary/aromatic N) is 1. The summed E-state index contributed by atoms with van der Waals surface area (Å²) in [5.74, 6) is -0.0778. The van der Waals surface area contributed by atoms with Crippen LogP contribution in [0.15, 0.2) is 24.3 Å². The second kappa shape index (κ2) is 6.75. The lowest BCUT2D eigenvalue weighted by Gasteiger charge is -2.31. The van der Waals surface area contributed by atoms with Crippen molar-refractivity contribution >= 4 is 5.91 Å². The normalized spacial score (nSPS) is 25.9. The zero-order valence-corrected chi connectivity index (χ0v) is 13.4. The molecular weight excluding hydrogens is 319 g/mol. The molecule has 0 aromatic heterocycles. The van der Waals surface area contributed by atoms with Gasteiger partial charge in [-0.2, -0.15) is 13.2 Å². The number of carbonyl (C=O) groups is 1. The molecule has 6 heteroatoms. The smallest absolute Gasteiger partial charge is 0.391 e. The minimum Gasteiger partial charge on any atom is -0.391 e. The van der Waals surface area contributed by atoms with E-state index in [2.05, 4.69) is 0 Å². The molecule has 2 fully saturated rings. The summed E-state index contributed by atoms with van der Waals surface area (Å²) < 4.78 is 38.8. The van der Waals surface area contributed by atoms with Crippen molar-refractivity contribution in [3.63, 3.8) is 0 Å². The number of likely N-dealkylation sites (tertiary alicyclic amines) is 1. The molecule has 3 nitrogen and oxygen atoms in total. The third-order valence-electron chi connectivity index (χ3n) is 5.12. The average molecular weight is 341 g/mol. The van der Waals surface area contributed by atoms with E-state index in [1.807, 2.05) is 0 Å². The van der Waals surface area contributed by atoms with Gasteiger partial charge in [-0.05, 0) is 37.0 Å². The number of aliphatic hydroxyl groups excluding tert-OH is 1. The van der Waals surface area contributed by atoms with E-state index in [9.17, 15) is 23.1 Å². The molecule has 3 rings (SSSR count). The van der Waals surface area contributed by atoms with Crippen LogP contribution in [0.3, 0.4) is 0 Å². The van der Waals surface area contributed by atoms with Gasteiger partial charge >= 0.3 is 6.18 Å². The van der Waals surface area contributed by atoms with Crippen molar-refractivity contribution < 1.29 is 23.1 Å². The van der Waals surface area contributed by atoms with E-state index < -0.39 is 23.9 Å². The molecule has 0 spiro atoms. The molecule has 1 aliphatic heterocycles. The second-order valence-corrected chi connectivity index (χ2v) is 6.85. The summed E-state index contributed by atoms with van der Waals surface area (Å²) in [6.45, 7) is 0.205. The second-order valence-electron chi connectivity index (χ2n) is 6.85. The predicted molar refractivity (Wildman–Crippen MR) is 83.1 cm³/mol. The van der Waals surface area contributed by atoms with Gasteiger partial charge in [0.05, 0.1) is 17.7 Å². The van der Waals surface area contributed by atoms with Crippen LogP contribution in [0, 0.1) is 5.92 Å². The van der Waals surface area contributed by atoms with E-state index >= 15 is 0 Å². The summed E-state index contributed by atoms with van der Waals surface area (Å²) in [6.07, 6.45) is 0.0233. The highest BCUT2D eigenvalue weighted by atomic mass is 19.4. The van der Waals surface area contributed by atoms with Crippen LogP contribution in [0.1, 0.15) is 55.7 Å². The van der Waals surface area contributed by atoms with Crippen LogP contribution in [0.2, 0.25) is 0 Å². The number of aliphatic hydroxyl groups is 1. The molecule has 1 saturated heterocycles. The first-order valence-corrected chi connectivity index (χ1v) is 8.52. The molecule has 2 atom stereocenters. The summed E-state index contributed by atoms with van der Waals surface area (Å²) in [5.41, 5.74) is -0.267. The van der Waals surface area contributed by atoms with Crippen molar-refractivity contribution in [3.8, 4) is 0 Å². The van der Waals surface area contributed by atoms with Crippen LogP contribution >= 0.6 is 0 Å². The molecule has 1 aromatic rings. The Morgan fingerprint density at radius 1 is 1.17 bits per heavy atom. The lowest BCUT2D eigenvalue weighted by Crippen LogP contribution is -2.37. The van der Waals surface area contributed by atoms with E-state index in [1.165, 1.54) is 6.07 Å². The van der Waals surface area contributed by atoms with Crippen LogP contribution in [0.25, 0.3) is 0 Å². The number of hydrogen-bond acceptors (Lipinski definition) is 2. The van der Waals surface area contributed by atoms with Gasteiger partial charge in [0.15, 0.2) is 0 Å². The maximum atomic E-state index is 12.9. The fourth-order valence-electron chi connectivity index (χ4n) is 3.88. The molecule has 2 unspecified atom stereocenters. The fraction of sp³-hybridized carbons (Fsp3) is 0.611. The number of rotatable bonds is 2. The molecule has 1 saturated carbocycles. The maximum absolute atomic E-state index is 12.9. The lowest BCUT2D eigenvalue weighted by atomic mass is 9.88. The maximum Gasteiger partial charge on any atom is 0.416 e. The molecule has 2 aliphatic rings. The first kappa shape index (κ1) is 17.3. The Hall–Kier alpha value is -1.56. The van der Waals surface area contributed by atoms with Gasteiger partial charge in [0, 0.05) is 12.5 Å². The zero-order valence-electron chi connectivity index (χ0n) is 13.4. The molecule has 132 valence electrons. The number of hydrogen-bond donors (Lipinski definition) is 1. The fourth-order valence-corrected chi connectivity index (χ4v) is 3.88. The number of benzene rings is 1. The van der Waals surface area contributed by atoms with Gasteiger partial charge in [-0.1, -0.05) is 31.4 Å². The van der Waals surface area contributed by atoms with Gasteiger partial charge in [-0.3, -0.25) is 4.79 Å². The molecular formula is C18H22F3NO2. The van der Waals surface area contributed by atoms with Crippen LogP contribution in [-0.4, -0.2) is 28.6 Å². The summed E-state index contributed by atoms with van der Waals surface area (Å²) in [4.78, 5) is 14.4. The van der Waals surface area contributed by atoms with Gasteiger partial charge in [0.25, 0.3) is 0 Å². The Morgan fingerprint density at radius 3 is 2.54 bits per heavy atom. The quantitative estimate of drug-likeness (QED) is 0.886. The number of β-amino-alcohol motifs (C(OH)–C–C–N with tert-alkyl or cyclic N) is 1. The Bertz CT molecular complexity index is 596. The standard InChI is InChI=1S/C18H22F3NO2/c19-18(20,21)14-8-4-7-13(9-14)16-10-15(23)11-22(16)17(24)12-5-2-1-3-6-12/h4,7-9,12,15-16,23H,1-3,5-6,10-11H2. The Morgan fingerprint density at radius 2 is 1.88 bits per heavy atom. The number of carbonyl (C=O) groups excluding carboxylic acids is 1. The van der Waals surface area contributed by atoms with E-state index in [4.69, 9.17) is 0 Å². The summed E-state index contributed by atoms with van der Waals surface area (Å²) in [5, 5.41) is 9.99. The number of amides is 1. The van der Waals surface area contributed by atoms with Gasteiger partial charge in [-0.25, -0.2) is 0 Å². The van der Waals surface area contributed by atoms with Crippen LogP contribution in [0.5, 0.6) is 0 Å². The van der Waals surface area contributed by atoms with Crippen molar-refractivity contribution in [3.05, 3.63) is 35.4 Å². The monoisotopic (exact) mass is 341 g/mol. The highest BCUT2D eigenvalue weighted by Crippen LogP contribution is 2.38. The van der Waals surface area contributed by atoms with Gasteiger partial charge in [0.2, 0.25) is 5.91 Å². The Labute approximate surface area is 139 Å². The molecule has 1 heterocycles. The molecule has 0 bridgehead atoms. The first-order chi connectivity index (χ1) is 11.4. The molecule has 1 amide bonds. The molecule has 24 heavy (non-hydrogen) atoms. The largest absolute Gasteiger partial charge is 0.416 e. The van der Waals surface area contributed by atoms with E-state index in [-0.39, 0.29) is 18.4 Å². The minimum absolute atomic E-state index is 0.0198. The first-order valence-electron chi connectivity index (χ1n) is 8.52. The van der Waals surface area contributed by atoms with Crippen molar-refractivity contribution in [1.29, 1.82) is 0 Å². The predicted octanol–water partition coefficient (Wildman–Crippen LogP) is 3.92. The zero-order chi connectivity index (χ0) is 17.3. The summed E-state index contributed by atoms with van der Waals surface area (Å²) in [7, 11) is 0. The Kier molecular flexibility index (Phi) is 4.85. The van der Waals surface area contributed by atoms with Gasteiger partial charge in [0.1, 0.15) is 0 Å². The minimum atomic E-state index is -4.41. The highest BCUT2D eigenvalue weighted by molar-refractivity contribution is 5.79. The van der Waals surface area contributed by atoms with Crippen LogP contribution in [-0.2, 0) is 11.0 Å². The molecule has 1 N–H and O–H groups in total. The molecule has 0 radical (unpaired) electrons. The van der Waals surface area contributed by atoms with E-state index in [0.29, 0.717) is 12.0 Å². The average Bonchev–Trinajstić information content (AvgIpc) is 2.96. The van der Waals surface area contributed by atoms with E-state index in [1.54, 1.807) is 11.0 Å². The van der Waals surface area contributed by atoms with Crippen LogP contribution in [0.4, 0.5) is 13.2 Å². The van der Waals surface area contributed by atoms with Crippen molar-refractivity contribution in [2.24, 2.45) is 5.92 Å². The molecule has 1 aliphatic carbocycles. The number of halogens is 3. The van der Waals surface area contributed by atoms with Gasteiger partial charge < -0.3 is 10.0 Å². The lowest BCUT2D eigenvalue weighted by molar-refractivity contribution is -0.137. The Balaban J connectivity index is 1.84. The third kappa shape index (κ3) is 3.58. The van der Waals surface area contributed by atoms with Crippen molar-refractivity contribution in [1.82, 2.24) is 4.90 Å². The third-order valence-corrected chi connectivity index (χ3v) is 5.12. The topological polar surface area (TPSA) is 40.5 Å². The van der Waals surface area contributed by atoms with E-state index in [0.717, 1.165) is 44.2 Å². The number of alkyl halides is 3. The summed E-state index contributed by atoms with van der Waals surface area (Å²) >= 11 is 0. The van der Waals surface area contributed by atoms with Crippen LogP contribution < -0.4 is 0 Å². The van der Waals surface area contributed by atoms with Crippen molar-refractivity contribution in [2.75, 3.05) is 6.54 Å². The highest BCUT2D eigenvalue weighted by Gasteiger charge is 2.39.